The highest BCUT2D eigenvalue weighted by Crippen LogP contribution is 2.71. The summed E-state index contributed by atoms with van der Waals surface area (Å²) in [5.41, 5.74) is 10.0. The summed E-state index contributed by atoms with van der Waals surface area (Å²) in [6, 6.07) is 8.79. The monoisotopic (exact) mass is 490 g/mol. The molecule has 4 aliphatic carbocycles. The lowest BCUT2D eigenvalue weighted by Crippen LogP contribution is -2.61. The zero-order valence-electron chi connectivity index (χ0n) is 23.5. The topological polar surface area (TPSA) is 55.1 Å². The third kappa shape index (κ3) is 3.82. The van der Waals surface area contributed by atoms with Gasteiger partial charge < -0.3 is 11.1 Å². The fraction of sp³-hybridized carbons (Fsp3) is 0.727. The van der Waals surface area contributed by atoms with Crippen molar-refractivity contribution in [2.24, 2.45) is 45.7 Å². The zero-order valence-corrected chi connectivity index (χ0v) is 23.5. The van der Waals surface area contributed by atoms with E-state index < -0.39 is 0 Å². The molecule has 36 heavy (non-hydrogen) atoms. The van der Waals surface area contributed by atoms with Gasteiger partial charge in [-0.25, -0.2) is 0 Å². The van der Waals surface area contributed by atoms with E-state index in [2.05, 4.69) is 52.1 Å². The van der Waals surface area contributed by atoms with Gasteiger partial charge in [0.05, 0.1) is 0 Å². The van der Waals surface area contributed by atoms with Crippen LogP contribution in [-0.4, -0.2) is 18.0 Å². The highest BCUT2D eigenvalue weighted by molar-refractivity contribution is 5.92. The van der Waals surface area contributed by atoms with E-state index in [9.17, 15) is 4.79 Å². The molecule has 0 radical (unpaired) electrons. The fourth-order valence-corrected chi connectivity index (χ4v) is 10.5. The van der Waals surface area contributed by atoms with Crippen LogP contribution >= 0.6 is 0 Å². The SMILES string of the molecule is CC[C@]1(C(C)NC(=O)/C=C/c2ccccc2C)CC[C@H]2[C@@H]3CC[C@@H]4CCCC(N)[C@]4(C)[C@H]3CC[C@]21C. The molecular formula is C33H50N2O. The van der Waals surface area contributed by atoms with Crippen LogP contribution < -0.4 is 11.1 Å². The molecule has 0 saturated heterocycles. The highest BCUT2D eigenvalue weighted by atomic mass is 16.1. The molecular weight excluding hydrogens is 440 g/mol. The van der Waals surface area contributed by atoms with Crippen LogP contribution in [0.2, 0.25) is 0 Å². The summed E-state index contributed by atoms with van der Waals surface area (Å²) in [7, 11) is 0. The second-order valence-electron chi connectivity index (χ2n) is 13.5. The quantitative estimate of drug-likeness (QED) is 0.426. The van der Waals surface area contributed by atoms with Gasteiger partial charge in [0.2, 0.25) is 5.91 Å². The minimum Gasteiger partial charge on any atom is -0.350 e. The van der Waals surface area contributed by atoms with Crippen molar-refractivity contribution in [2.75, 3.05) is 0 Å². The Labute approximate surface area is 220 Å². The molecule has 0 bridgehead atoms. The smallest absolute Gasteiger partial charge is 0.244 e. The van der Waals surface area contributed by atoms with Crippen molar-refractivity contribution in [3.8, 4) is 0 Å². The van der Waals surface area contributed by atoms with Gasteiger partial charge in [0.25, 0.3) is 0 Å². The third-order valence-electron chi connectivity index (χ3n) is 12.7. The molecule has 1 aromatic rings. The molecule has 0 spiro atoms. The maximum absolute atomic E-state index is 13.1. The number of aryl methyl sites for hydroxylation is 1. The van der Waals surface area contributed by atoms with Gasteiger partial charge in [-0.3, -0.25) is 4.79 Å². The maximum Gasteiger partial charge on any atom is 0.244 e. The van der Waals surface area contributed by atoms with Gasteiger partial charge in [-0.1, -0.05) is 51.5 Å². The Kier molecular flexibility index (Phi) is 6.94. The minimum atomic E-state index is 0.0421. The fourth-order valence-electron chi connectivity index (χ4n) is 10.5. The van der Waals surface area contributed by atoms with Crippen LogP contribution in [0.4, 0.5) is 0 Å². The predicted molar refractivity (Wildman–Crippen MR) is 150 cm³/mol. The van der Waals surface area contributed by atoms with Gasteiger partial charge in [0, 0.05) is 18.2 Å². The second-order valence-corrected chi connectivity index (χ2v) is 13.5. The molecule has 4 saturated carbocycles. The Bertz CT molecular complexity index is 1000. The summed E-state index contributed by atoms with van der Waals surface area (Å²) in [6.45, 7) is 11.9. The Morgan fingerprint density at radius 3 is 2.58 bits per heavy atom. The number of hydrogen-bond acceptors (Lipinski definition) is 2. The Balaban J connectivity index is 1.35. The Morgan fingerprint density at radius 2 is 1.83 bits per heavy atom. The van der Waals surface area contributed by atoms with Gasteiger partial charge >= 0.3 is 0 Å². The third-order valence-corrected chi connectivity index (χ3v) is 12.7. The van der Waals surface area contributed by atoms with Gasteiger partial charge in [0.15, 0.2) is 0 Å². The van der Waals surface area contributed by atoms with Crippen molar-refractivity contribution in [2.45, 2.75) is 111 Å². The Morgan fingerprint density at radius 1 is 1.08 bits per heavy atom. The van der Waals surface area contributed by atoms with Gasteiger partial charge in [-0.05, 0) is 129 Å². The molecule has 4 fully saturated rings. The second kappa shape index (κ2) is 9.61. The van der Waals surface area contributed by atoms with Crippen LogP contribution in [0, 0.1) is 46.8 Å². The minimum absolute atomic E-state index is 0.0421. The van der Waals surface area contributed by atoms with Crippen LogP contribution in [0.1, 0.15) is 103 Å². The van der Waals surface area contributed by atoms with E-state index >= 15 is 0 Å². The van der Waals surface area contributed by atoms with E-state index in [0.29, 0.717) is 11.5 Å². The van der Waals surface area contributed by atoms with E-state index in [4.69, 9.17) is 5.73 Å². The number of amides is 1. The van der Waals surface area contributed by atoms with Crippen LogP contribution in [0.5, 0.6) is 0 Å². The summed E-state index contributed by atoms with van der Waals surface area (Å²) in [5.74, 6) is 3.25. The molecule has 3 heteroatoms. The number of carbonyl (C=O) groups is 1. The molecule has 1 aromatic carbocycles. The molecule has 9 atom stereocenters. The number of rotatable bonds is 5. The standard InChI is InChI=1S/C33H50N2O/c1-6-33(23(3)35-30(36)17-14-24-11-8-7-10-22(24)2)21-19-27-26-16-15-25-12-9-13-29(34)32(25,5)28(26)18-20-31(27,33)4/h7-8,10-11,14,17,23,25-29H,6,9,12-13,15-16,18-21,34H2,1-5H3,(H,35,36)/b17-14+/t23?,25-,26-,27-,28-,29?,31+,32-,33+/m0/s1. The molecule has 4 aliphatic rings. The first-order valence-electron chi connectivity index (χ1n) is 15.0. The van der Waals surface area contributed by atoms with Crippen molar-refractivity contribution in [1.82, 2.24) is 5.32 Å². The van der Waals surface area contributed by atoms with Crippen molar-refractivity contribution in [1.29, 1.82) is 0 Å². The van der Waals surface area contributed by atoms with E-state index in [1.807, 2.05) is 18.2 Å². The number of hydrogen-bond donors (Lipinski definition) is 2. The molecule has 2 unspecified atom stereocenters. The number of fused-ring (bicyclic) bond motifs is 5. The molecule has 198 valence electrons. The lowest BCUT2D eigenvalue weighted by atomic mass is 9.42. The van der Waals surface area contributed by atoms with Gasteiger partial charge in [0.1, 0.15) is 0 Å². The lowest BCUT2D eigenvalue weighted by molar-refractivity contribution is -0.139. The van der Waals surface area contributed by atoms with Crippen LogP contribution in [0.25, 0.3) is 6.08 Å². The average Bonchev–Trinajstić information content (AvgIpc) is 3.17. The molecule has 3 nitrogen and oxygen atoms in total. The number of benzene rings is 1. The summed E-state index contributed by atoms with van der Waals surface area (Å²) in [4.78, 5) is 13.1. The summed E-state index contributed by atoms with van der Waals surface area (Å²) in [5, 5.41) is 3.45. The molecule has 0 aliphatic heterocycles. The van der Waals surface area contributed by atoms with Crippen molar-refractivity contribution >= 4 is 12.0 Å². The largest absolute Gasteiger partial charge is 0.350 e. The van der Waals surface area contributed by atoms with Gasteiger partial charge in [-0.15, -0.1) is 0 Å². The zero-order chi connectivity index (χ0) is 25.7. The molecule has 0 aromatic heterocycles. The molecule has 1 amide bonds. The van der Waals surface area contributed by atoms with E-state index in [0.717, 1.165) is 35.7 Å². The molecule has 3 N–H and O–H groups in total. The number of nitrogens with two attached hydrogens (primary N) is 1. The van der Waals surface area contributed by atoms with Gasteiger partial charge in [-0.2, -0.15) is 0 Å². The Hall–Kier alpha value is -1.61. The highest BCUT2D eigenvalue weighted by Gasteiger charge is 2.66. The maximum atomic E-state index is 13.1. The average molecular weight is 491 g/mol. The normalized spacial score (nSPS) is 42.9. The van der Waals surface area contributed by atoms with Crippen LogP contribution in [0.3, 0.4) is 0 Å². The van der Waals surface area contributed by atoms with E-state index in [1.54, 1.807) is 6.08 Å². The summed E-state index contributed by atoms with van der Waals surface area (Å²) in [6.07, 6.45) is 16.7. The van der Waals surface area contributed by atoms with E-state index in [1.165, 1.54) is 63.4 Å². The van der Waals surface area contributed by atoms with Crippen LogP contribution in [-0.2, 0) is 4.79 Å². The summed E-state index contributed by atoms with van der Waals surface area (Å²) < 4.78 is 0. The molecule has 5 rings (SSSR count). The summed E-state index contributed by atoms with van der Waals surface area (Å²) >= 11 is 0. The van der Waals surface area contributed by atoms with Crippen molar-refractivity contribution in [3.05, 3.63) is 41.5 Å². The first kappa shape index (κ1) is 26.0. The number of nitrogens with one attached hydrogen (secondary N) is 1. The number of carbonyl (C=O) groups excluding carboxylic acids is 1. The van der Waals surface area contributed by atoms with E-state index in [-0.39, 0.29) is 22.8 Å². The lowest BCUT2D eigenvalue weighted by Gasteiger charge is -2.64. The van der Waals surface area contributed by atoms with Crippen molar-refractivity contribution < 1.29 is 4.79 Å². The molecule has 0 heterocycles. The van der Waals surface area contributed by atoms with Crippen molar-refractivity contribution in [3.63, 3.8) is 0 Å². The van der Waals surface area contributed by atoms with Crippen LogP contribution in [0.15, 0.2) is 30.3 Å². The first-order chi connectivity index (χ1) is 17.2. The predicted octanol–water partition coefficient (Wildman–Crippen LogP) is 7.28. The first-order valence-corrected chi connectivity index (χ1v) is 15.0.